The number of ether oxygens (including phenoxy) is 1. The Morgan fingerprint density at radius 1 is 0.522 bits per heavy atom. The van der Waals surface area contributed by atoms with Gasteiger partial charge in [-0.1, -0.05) is 237 Å². The molecule has 0 aliphatic rings. The Bertz CT molecular complexity index is 1250. The molecule has 2 N–H and O–H groups in total. The Kier molecular flexibility index (Phi) is 46.6. The number of esters is 1. The highest BCUT2D eigenvalue weighted by Crippen LogP contribution is 2.43. The van der Waals surface area contributed by atoms with Crippen molar-refractivity contribution in [3.05, 3.63) is 36.5 Å². The van der Waals surface area contributed by atoms with Crippen molar-refractivity contribution < 1.29 is 37.3 Å². The molecule has 0 saturated carbocycles. The molecule has 0 aliphatic carbocycles. The largest absolute Gasteiger partial charge is 0.472 e. The molecule has 0 aromatic carbocycles. The number of unbranched alkanes of at least 4 members (excludes halogenated alkanes) is 31. The van der Waals surface area contributed by atoms with Crippen molar-refractivity contribution in [1.29, 1.82) is 0 Å². The van der Waals surface area contributed by atoms with Gasteiger partial charge in [-0.2, -0.15) is 0 Å². The van der Waals surface area contributed by atoms with Gasteiger partial charge in [0.2, 0.25) is 5.91 Å². The summed E-state index contributed by atoms with van der Waals surface area (Å²) in [5.74, 6) is -0.575. The standard InChI is InChI=1S/C57H109N2O7P/c1-7-10-13-16-19-22-25-27-28-29-30-32-35-38-41-44-47-50-57(61)66-55(48-45-42-39-36-33-24-21-18-15-12-9-3)54(53-65-67(62,63)64-52-51-59(4,5)6)58-56(60)49-46-43-40-37-34-31-26-23-20-17-14-11-8-2/h31,34,40,43,45,48,54-55H,7-30,32-33,35-39,41-42,44,46-47,49-53H2,1-6H3,(H-,58,60,62,63)/p+1/b34-31-,43-40+,48-45+. The zero-order valence-electron chi connectivity index (χ0n) is 44.9. The maximum absolute atomic E-state index is 13.4. The molecule has 0 radical (unpaired) electrons. The molecule has 0 rings (SSSR count). The van der Waals surface area contributed by atoms with E-state index in [0.717, 1.165) is 51.4 Å². The van der Waals surface area contributed by atoms with Gasteiger partial charge in [0.1, 0.15) is 19.3 Å². The van der Waals surface area contributed by atoms with Gasteiger partial charge in [0, 0.05) is 12.8 Å². The minimum absolute atomic E-state index is 0.0330. The summed E-state index contributed by atoms with van der Waals surface area (Å²) in [7, 11) is 1.47. The number of nitrogens with one attached hydrogen (secondary N) is 1. The summed E-state index contributed by atoms with van der Waals surface area (Å²) in [5, 5.41) is 3.00. The zero-order valence-corrected chi connectivity index (χ0v) is 45.8. The van der Waals surface area contributed by atoms with Gasteiger partial charge in [0.25, 0.3) is 0 Å². The topological polar surface area (TPSA) is 111 Å². The third-order valence-electron chi connectivity index (χ3n) is 12.6. The van der Waals surface area contributed by atoms with Crippen molar-refractivity contribution >= 4 is 19.7 Å². The number of carbonyl (C=O) groups is 2. The lowest BCUT2D eigenvalue weighted by molar-refractivity contribution is -0.870. The van der Waals surface area contributed by atoms with Crippen LogP contribution in [0.15, 0.2) is 36.5 Å². The Labute approximate surface area is 415 Å². The molecule has 0 heterocycles. The molecule has 0 bridgehead atoms. The molecular formula is C57H110N2O7P+. The van der Waals surface area contributed by atoms with Crippen LogP contribution in [-0.4, -0.2) is 74.3 Å². The summed E-state index contributed by atoms with van der Waals surface area (Å²) in [5.41, 5.74) is 0. The number of amides is 1. The lowest BCUT2D eigenvalue weighted by atomic mass is 10.0. The Balaban J connectivity index is 5.35. The van der Waals surface area contributed by atoms with Crippen molar-refractivity contribution in [2.45, 2.75) is 277 Å². The molecule has 394 valence electrons. The molecule has 0 aromatic rings. The number of carbonyl (C=O) groups excluding carboxylic acids is 2. The molecule has 10 heteroatoms. The molecule has 0 spiro atoms. The van der Waals surface area contributed by atoms with Crippen LogP contribution in [0.5, 0.6) is 0 Å². The summed E-state index contributed by atoms with van der Waals surface area (Å²) >= 11 is 0. The predicted octanol–water partition coefficient (Wildman–Crippen LogP) is 16.8. The van der Waals surface area contributed by atoms with Gasteiger partial charge in [-0.25, -0.2) is 4.57 Å². The van der Waals surface area contributed by atoms with Crippen molar-refractivity contribution in [3.8, 4) is 0 Å². The average Bonchev–Trinajstić information content (AvgIpc) is 3.28. The van der Waals surface area contributed by atoms with Crippen molar-refractivity contribution in [1.82, 2.24) is 5.32 Å². The first-order chi connectivity index (χ1) is 32.4. The SMILES string of the molecule is CCCCCCCC/C=C\C/C=C/CCC(=O)NC(COP(=O)(O)OCC[N+](C)(C)C)C(/C=C/CCCCCCCCCCC)OC(=O)CCCCCCCCCCCCCCCCCCC. The third-order valence-corrected chi connectivity index (χ3v) is 13.6. The fraction of sp³-hybridized carbons (Fsp3) is 0.860. The van der Waals surface area contributed by atoms with Gasteiger partial charge >= 0.3 is 13.8 Å². The first-order valence-electron chi connectivity index (χ1n) is 28.3. The van der Waals surface area contributed by atoms with Crippen LogP contribution < -0.4 is 5.32 Å². The van der Waals surface area contributed by atoms with Gasteiger partial charge in [-0.05, 0) is 51.0 Å². The Morgan fingerprint density at radius 3 is 1.37 bits per heavy atom. The Hall–Kier alpha value is -1.77. The van der Waals surface area contributed by atoms with Crippen LogP contribution in [0.4, 0.5) is 0 Å². The third kappa shape index (κ3) is 49.0. The molecule has 0 aromatic heterocycles. The lowest BCUT2D eigenvalue weighted by Gasteiger charge is -2.27. The number of likely N-dealkylation sites (N-methyl/N-ethyl adjacent to an activating group) is 1. The van der Waals surface area contributed by atoms with Gasteiger partial charge in [-0.3, -0.25) is 18.6 Å². The van der Waals surface area contributed by atoms with E-state index in [-0.39, 0.29) is 37.9 Å². The fourth-order valence-electron chi connectivity index (χ4n) is 8.17. The highest BCUT2D eigenvalue weighted by atomic mass is 31.2. The zero-order chi connectivity index (χ0) is 49.4. The number of phosphoric acid groups is 1. The molecule has 0 saturated heterocycles. The number of hydrogen-bond donors (Lipinski definition) is 2. The van der Waals surface area contributed by atoms with E-state index in [9.17, 15) is 19.0 Å². The highest BCUT2D eigenvalue weighted by Gasteiger charge is 2.30. The van der Waals surface area contributed by atoms with Crippen LogP contribution in [0.2, 0.25) is 0 Å². The van der Waals surface area contributed by atoms with Crippen LogP contribution >= 0.6 is 7.82 Å². The highest BCUT2D eigenvalue weighted by molar-refractivity contribution is 7.47. The maximum atomic E-state index is 13.4. The normalized spacial score (nSPS) is 14.1. The second kappa shape index (κ2) is 47.9. The van der Waals surface area contributed by atoms with E-state index < -0.39 is 20.0 Å². The van der Waals surface area contributed by atoms with Gasteiger partial charge in [0.15, 0.2) is 0 Å². The number of quaternary nitrogens is 1. The van der Waals surface area contributed by atoms with Crippen LogP contribution in [-0.2, 0) is 27.9 Å². The second-order valence-electron chi connectivity index (χ2n) is 20.5. The van der Waals surface area contributed by atoms with E-state index >= 15 is 0 Å². The minimum Gasteiger partial charge on any atom is -0.456 e. The molecule has 0 aliphatic heterocycles. The van der Waals surface area contributed by atoms with Crippen LogP contribution in [0.1, 0.15) is 265 Å². The number of phosphoric ester groups is 1. The number of hydrogen-bond acceptors (Lipinski definition) is 6. The molecular weight excluding hydrogens is 856 g/mol. The molecule has 0 fully saturated rings. The predicted molar refractivity (Wildman–Crippen MR) is 286 cm³/mol. The van der Waals surface area contributed by atoms with Crippen molar-refractivity contribution in [3.63, 3.8) is 0 Å². The molecule has 1 amide bonds. The summed E-state index contributed by atoms with van der Waals surface area (Å²) in [4.78, 5) is 37.4. The summed E-state index contributed by atoms with van der Waals surface area (Å²) in [6.07, 6.45) is 55.9. The second-order valence-corrected chi connectivity index (χ2v) is 21.9. The molecule has 9 nitrogen and oxygen atoms in total. The van der Waals surface area contributed by atoms with E-state index in [0.29, 0.717) is 17.4 Å². The maximum Gasteiger partial charge on any atom is 0.472 e. The Morgan fingerprint density at radius 2 is 0.925 bits per heavy atom. The van der Waals surface area contributed by atoms with E-state index in [1.165, 1.54) is 173 Å². The van der Waals surface area contributed by atoms with Gasteiger partial charge in [0.05, 0.1) is 33.8 Å². The van der Waals surface area contributed by atoms with E-state index in [2.05, 4.69) is 44.3 Å². The fourth-order valence-corrected chi connectivity index (χ4v) is 8.90. The summed E-state index contributed by atoms with van der Waals surface area (Å²) in [6, 6.07) is -0.872. The van der Waals surface area contributed by atoms with Crippen molar-refractivity contribution in [2.24, 2.45) is 0 Å². The summed E-state index contributed by atoms with van der Waals surface area (Å²) < 4.78 is 30.5. The average molecular weight is 966 g/mol. The lowest BCUT2D eigenvalue weighted by Crippen LogP contribution is -2.47. The van der Waals surface area contributed by atoms with Crippen LogP contribution in [0, 0.1) is 0 Å². The molecule has 3 unspecified atom stereocenters. The smallest absolute Gasteiger partial charge is 0.456 e. The first kappa shape index (κ1) is 65.2. The van der Waals surface area contributed by atoms with Crippen molar-refractivity contribution in [2.75, 3.05) is 40.9 Å². The van der Waals surface area contributed by atoms with Crippen LogP contribution in [0.25, 0.3) is 0 Å². The molecule has 67 heavy (non-hydrogen) atoms. The molecule has 3 atom stereocenters. The van der Waals surface area contributed by atoms with Gasteiger partial charge < -0.3 is 19.4 Å². The number of nitrogens with zero attached hydrogens (tertiary/aromatic N) is 1. The summed E-state index contributed by atoms with van der Waals surface area (Å²) in [6.45, 7) is 6.97. The van der Waals surface area contributed by atoms with E-state index in [1.807, 2.05) is 39.4 Å². The number of allylic oxidation sites excluding steroid dienone is 5. The van der Waals surface area contributed by atoms with E-state index in [4.69, 9.17) is 13.8 Å². The minimum atomic E-state index is -4.45. The first-order valence-corrected chi connectivity index (χ1v) is 29.8. The van der Waals surface area contributed by atoms with Gasteiger partial charge in [-0.15, -0.1) is 0 Å². The monoisotopic (exact) mass is 966 g/mol. The quantitative estimate of drug-likeness (QED) is 0.0205. The number of rotatable bonds is 51. The van der Waals surface area contributed by atoms with E-state index in [1.54, 1.807) is 0 Å². The van der Waals surface area contributed by atoms with Crippen LogP contribution in [0.3, 0.4) is 0 Å².